The van der Waals surface area contributed by atoms with E-state index in [9.17, 15) is 0 Å². The van der Waals surface area contributed by atoms with Crippen molar-refractivity contribution in [3.05, 3.63) is 30.3 Å². The maximum atomic E-state index is 2.23. The Kier molecular flexibility index (Phi) is 9.51. The van der Waals surface area contributed by atoms with Crippen molar-refractivity contribution in [2.24, 2.45) is 0 Å². The number of hydrogen-bond donors (Lipinski definition) is 0. The molecular weight excluding hydrogens is 267 g/mol. The molecule has 0 spiro atoms. The van der Waals surface area contributed by atoms with E-state index in [0.29, 0.717) is 0 Å². The largest absolute Gasteiger partial charge is 0.0708 e. The summed E-state index contributed by atoms with van der Waals surface area (Å²) in [7, 11) is 1.17. The van der Waals surface area contributed by atoms with Crippen molar-refractivity contribution in [3.63, 3.8) is 0 Å². The van der Waals surface area contributed by atoms with Gasteiger partial charge in [0, 0.05) is 10.2 Å². The van der Waals surface area contributed by atoms with E-state index in [1.807, 2.05) is 6.07 Å². The molecular formula is C10H17SiSn. The van der Waals surface area contributed by atoms with Gasteiger partial charge in [-0.3, -0.25) is 0 Å². The van der Waals surface area contributed by atoms with E-state index in [-0.39, 0.29) is 0 Å². The Bertz CT molecular complexity index is 172. The van der Waals surface area contributed by atoms with Gasteiger partial charge in [-0.2, -0.15) is 0 Å². The smallest absolute Gasteiger partial charge is 0.0384 e. The molecule has 0 heterocycles. The van der Waals surface area contributed by atoms with Crippen LogP contribution in [0, 0.1) is 0 Å². The maximum absolute atomic E-state index is 2.23. The molecule has 0 aromatic heterocycles. The second kappa shape index (κ2) is 9.32. The van der Waals surface area contributed by atoms with Crippen LogP contribution in [0.2, 0.25) is 4.44 Å². The average Bonchev–Trinajstić information content (AvgIpc) is 2.08. The minimum Gasteiger partial charge on any atom is -0.0708 e. The first kappa shape index (κ1) is 12.2. The van der Waals surface area contributed by atoms with Crippen LogP contribution in [0.25, 0.3) is 0 Å². The van der Waals surface area contributed by atoms with Crippen LogP contribution in [-0.4, -0.2) is 32.8 Å². The van der Waals surface area contributed by atoms with Crippen LogP contribution in [0.15, 0.2) is 30.3 Å². The number of benzene rings is 1. The number of hydrogen-bond acceptors (Lipinski definition) is 0. The fraction of sp³-hybridized carbons (Fsp3) is 0.400. The molecule has 0 saturated heterocycles. The van der Waals surface area contributed by atoms with Crippen molar-refractivity contribution in [1.82, 2.24) is 0 Å². The number of rotatable bonds is 2. The molecule has 12 heavy (non-hydrogen) atoms. The minimum atomic E-state index is 1.17. The molecule has 1 rings (SSSR count). The van der Waals surface area contributed by atoms with E-state index in [1.165, 1.54) is 32.7 Å². The quantitative estimate of drug-likeness (QED) is 0.712. The predicted octanol–water partition coefficient (Wildman–Crippen LogP) is 1.05. The second-order valence-corrected chi connectivity index (χ2v) is 5.34. The molecule has 0 aliphatic rings. The molecule has 1 aromatic carbocycles. The molecule has 0 amide bonds. The first-order valence-electron chi connectivity index (χ1n) is 4.47. The summed E-state index contributed by atoms with van der Waals surface area (Å²) in [6.07, 6.45) is 2.80. The van der Waals surface area contributed by atoms with Gasteiger partial charge < -0.3 is 0 Å². The molecule has 0 atom stereocenters. The fourth-order valence-corrected chi connectivity index (χ4v) is 2.11. The Balaban J connectivity index is 0.000000217. The maximum Gasteiger partial charge on any atom is 0.0384 e. The third-order valence-electron chi connectivity index (χ3n) is 1.47. The number of unbranched alkanes of at least 4 members (excludes halogenated alkanes) is 1. The first-order valence-corrected chi connectivity index (χ1v) is 7.49. The summed E-state index contributed by atoms with van der Waals surface area (Å²) in [4.78, 5) is 0. The van der Waals surface area contributed by atoms with Gasteiger partial charge in [0.05, 0.1) is 0 Å². The van der Waals surface area contributed by atoms with E-state index in [4.69, 9.17) is 0 Å². The van der Waals surface area contributed by atoms with E-state index in [0.717, 1.165) is 0 Å². The Labute approximate surface area is 92.3 Å². The molecule has 0 bridgehead atoms. The van der Waals surface area contributed by atoms with Gasteiger partial charge in [-0.25, -0.2) is 0 Å². The van der Waals surface area contributed by atoms with Crippen molar-refractivity contribution in [2.45, 2.75) is 24.2 Å². The summed E-state index contributed by atoms with van der Waals surface area (Å²) in [6.45, 7) is 2.23. The second-order valence-electron chi connectivity index (χ2n) is 2.76. The summed E-state index contributed by atoms with van der Waals surface area (Å²) < 4.78 is 1.43. The third kappa shape index (κ3) is 8.33. The first-order chi connectivity index (χ1) is 5.81. The molecule has 0 fully saturated rings. The molecule has 0 saturated carbocycles. The van der Waals surface area contributed by atoms with Gasteiger partial charge in [0.1, 0.15) is 0 Å². The van der Waals surface area contributed by atoms with E-state index >= 15 is 0 Å². The van der Waals surface area contributed by atoms with E-state index in [2.05, 4.69) is 31.2 Å². The predicted molar refractivity (Wildman–Crippen MR) is 61.5 cm³/mol. The summed E-state index contributed by atoms with van der Waals surface area (Å²) in [5, 5.41) is 1.46. The van der Waals surface area contributed by atoms with Crippen molar-refractivity contribution in [3.8, 4) is 0 Å². The van der Waals surface area contributed by atoms with Gasteiger partial charge in [0.25, 0.3) is 0 Å². The van der Waals surface area contributed by atoms with E-state index in [1.54, 1.807) is 22.5 Å². The van der Waals surface area contributed by atoms with Crippen molar-refractivity contribution < 1.29 is 0 Å². The Hall–Kier alpha value is 0.236. The standard InChI is InChI=1S/C6H8Si.C4H9.Sn/c7-6-4-2-1-3-5-6;1-3-4-2;/h1-5H,7H3;1,3-4H2,2H3;. The molecule has 1 aromatic rings. The topological polar surface area (TPSA) is 0 Å². The zero-order valence-corrected chi connectivity index (χ0v) is 12.9. The molecule has 0 aliphatic carbocycles. The monoisotopic (exact) mass is 285 g/mol. The van der Waals surface area contributed by atoms with Crippen LogP contribution in [0.1, 0.15) is 19.8 Å². The van der Waals surface area contributed by atoms with Crippen molar-refractivity contribution >= 4 is 38.0 Å². The van der Waals surface area contributed by atoms with Gasteiger partial charge in [-0.05, 0) is 0 Å². The molecule has 0 nitrogen and oxygen atoms in total. The normalized spacial score (nSPS) is 8.83. The summed E-state index contributed by atoms with van der Waals surface area (Å²) in [5.74, 6) is 0. The third-order valence-corrected chi connectivity index (χ3v) is 3.15. The zero-order chi connectivity index (χ0) is 9.23. The molecule has 0 unspecified atom stereocenters. The van der Waals surface area contributed by atoms with Gasteiger partial charge in [-0.15, -0.1) is 0 Å². The van der Waals surface area contributed by atoms with Crippen LogP contribution in [0.4, 0.5) is 0 Å². The van der Waals surface area contributed by atoms with Gasteiger partial charge in [0.15, 0.2) is 0 Å². The van der Waals surface area contributed by atoms with Crippen LogP contribution >= 0.6 is 0 Å². The summed E-state index contributed by atoms with van der Waals surface area (Å²) in [6, 6.07) is 10.5. The zero-order valence-electron chi connectivity index (χ0n) is 8.01. The van der Waals surface area contributed by atoms with Crippen molar-refractivity contribution in [1.29, 1.82) is 0 Å². The molecule has 0 aliphatic heterocycles. The SMILES string of the molecule is CCC[CH2][Sn].[SiH3]c1ccccc1. The van der Waals surface area contributed by atoms with Gasteiger partial charge in [-0.1, -0.05) is 35.5 Å². The Morgan fingerprint density at radius 3 is 2.00 bits per heavy atom. The van der Waals surface area contributed by atoms with Gasteiger partial charge >= 0.3 is 46.7 Å². The minimum absolute atomic E-state index is 1.17. The fourth-order valence-electron chi connectivity index (χ4n) is 0.711. The summed E-state index contributed by atoms with van der Waals surface area (Å²) in [5.41, 5.74) is 0. The molecule has 65 valence electrons. The molecule has 3 radical (unpaired) electrons. The van der Waals surface area contributed by atoms with Crippen LogP contribution < -0.4 is 5.19 Å². The van der Waals surface area contributed by atoms with Crippen LogP contribution in [0.3, 0.4) is 0 Å². The molecule has 2 heteroatoms. The van der Waals surface area contributed by atoms with Gasteiger partial charge in [0.2, 0.25) is 0 Å². The van der Waals surface area contributed by atoms with Crippen molar-refractivity contribution in [2.75, 3.05) is 0 Å². The molecule has 0 N–H and O–H groups in total. The van der Waals surface area contributed by atoms with E-state index < -0.39 is 0 Å². The Morgan fingerprint density at radius 2 is 1.83 bits per heavy atom. The average molecular weight is 284 g/mol. The van der Waals surface area contributed by atoms with Crippen LogP contribution in [0.5, 0.6) is 0 Å². The Morgan fingerprint density at radius 1 is 1.25 bits per heavy atom. The van der Waals surface area contributed by atoms with Crippen LogP contribution in [-0.2, 0) is 0 Å². The summed E-state index contributed by atoms with van der Waals surface area (Å²) >= 11 is 1.68.